The number of nitrogens with two attached hydrogens (primary N) is 1. The molecule has 0 radical (unpaired) electrons. The van der Waals surface area contributed by atoms with E-state index in [2.05, 4.69) is 15.5 Å². The van der Waals surface area contributed by atoms with Crippen molar-refractivity contribution in [3.63, 3.8) is 0 Å². The van der Waals surface area contributed by atoms with Gasteiger partial charge in [0.05, 0.1) is 11.1 Å². The van der Waals surface area contributed by atoms with Crippen molar-refractivity contribution in [2.45, 2.75) is 45.0 Å². The minimum atomic E-state index is -0.826. The highest BCUT2D eigenvalue weighted by molar-refractivity contribution is 8.00. The predicted octanol–water partition coefficient (Wildman–Crippen LogP) is 2.05. The molecule has 0 saturated carbocycles. The van der Waals surface area contributed by atoms with E-state index in [-0.39, 0.29) is 40.2 Å². The third kappa shape index (κ3) is 6.36. The number of anilines is 1. The Bertz CT molecular complexity index is 1200. The van der Waals surface area contributed by atoms with E-state index in [9.17, 15) is 14.4 Å². The molecule has 212 valence electrons. The number of fused-ring (bicyclic) bond motifs is 1. The van der Waals surface area contributed by atoms with Crippen LogP contribution in [0.4, 0.5) is 5.13 Å². The van der Waals surface area contributed by atoms with Crippen LogP contribution >= 0.6 is 35.3 Å². The van der Waals surface area contributed by atoms with Gasteiger partial charge in [-0.2, -0.15) is 0 Å². The SMILES string of the molecule is CO/N=C(\C(=O)NC1C(=O)N2C(C(=S)OCOC(=O)C(C)(C)C)=C(C3CCOCC3)CS[C@H]12)c1csc(N)n1. The molecule has 3 aliphatic heterocycles. The zero-order valence-electron chi connectivity index (χ0n) is 22.1. The molecule has 3 N–H and O–H groups in total. The van der Waals surface area contributed by atoms with Crippen LogP contribution in [-0.2, 0) is 33.4 Å². The second-order valence-corrected chi connectivity index (χ2v) is 12.4. The number of hydrogen-bond acceptors (Lipinski definition) is 13. The van der Waals surface area contributed by atoms with Gasteiger partial charge in [-0.3, -0.25) is 19.3 Å². The number of oxime groups is 1. The molecular formula is C24H31N5O7S3. The standard InChI is InChI=1S/C24H31N5O7S3/c1-24(2,3)22(32)36-11-35-21(37)17-13(12-5-7-34-8-6-12)9-38-20-16(19(31)29(17)20)27-18(30)15(28-33-4)14-10-39-23(25)26-14/h10,12,16,20H,5-9,11H2,1-4H3,(H2,25,26)(H,27,30)/b28-15-/t16?,20-/m1/s1. The minimum absolute atomic E-state index is 0.0706. The molecule has 4 heterocycles. The van der Waals surface area contributed by atoms with E-state index in [0.717, 1.165) is 29.8 Å². The van der Waals surface area contributed by atoms with Gasteiger partial charge in [-0.1, -0.05) is 5.16 Å². The average Bonchev–Trinajstić information content (AvgIpc) is 3.34. The van der Waals surface area contributed by atoms with E-state index in [1.807, 2.05) is 0 Å². The second-order valence-electron chi connectivity index (χ2n) is 10.0. The number of nitrogens with one attached hydrogen (secondary N) is 1. The van der Waals surface area contributed by atoms with Crippen LogP contribution in [0.25, 0.3) is 0 Å². The van der Waals surface area contributed by atoms with Crippen molar-refractivity contribution in [1.29, 1.82) is 0 Å². The number of aromatic nitrogens is 1. The van der Waals surface area contributed by atoms with Crippen molar-refractivity contribution in [1.82, 2.24) is 15.2 Å². The number of ether oxygens (including phenoxy) is 3. The molecule has 15 heteroatoms. The van der Waals surface area contributed by atoms with E-state index in [1.54, 1.807) is 31.1 Å². The molecule has 2 atom stereocenters. The molecule has 12 nitrogen and oxygen atoms in total. The van der Waals surface area contributed by atoms with Crippen LogP contribution in [0.3, 0.4) is 0 Å². The fraction of sp³-hybridized carbons (Fsp3) is 0.583. The number of amides is 2. The molecule has 39 heavy (non-hydrogen) atoms. The Morgan fingerprint density at radius 2 is 2.03 bits per heavy atom. The number of nitrogens with zero attached hydrogens (tertiary/aromatic N) is 3. The first-order valence-electron chi connectivity index (χ1n) is 12.3. The van der Waals surface area contributed by atoms with Gasteiger partial charge in [-0.05, 0) is 57.3 Å². The van der Waals surface area contributed by atoms with Crippen LogP contribution in [-0.4, -0.2) is 82.7 Å². The van der Waals surface area contributed by atoms with Crippen molar-refractivity contribution in [3.8, 4) is 0 Å². The number of thiazole rings is 1. The van der Waals surface area contributed by atoms with Crippen LogP contribution in [0.1, 0.15) is 39.3 Å². The smallest absolute Gasteiger partial charge is 0.314 e. The lowest BCUT2D eigenvalue weighted by Crippen LogP contribution is -2.71. The summed E-state index contributed by atoms with van der Waals surface area (Å²) in [5, 5.41) is 8.05. The number of hydrogen-bond donors (Lipinski definition) is 2. The Morgan fingerprint density at radius 1 is 1.31 bits per heavy atom. The first-order valence-corrected chi connectivity index (χ1v) is 14.6. The monoisotopic (exact) mass is 597 g/mol. The molecule has 0 aromatic carbocycles. The molecule has 2 fully saturated rings. The summed E-state index contributed by atoms with van der Waals surface area (Å²) in [6.45, 7) is 6.07. The third-order valence-corrected chi connectivity index (χ3v) is 8.63. The fourth-order valence-corrected chi connectivity index (χ4v) is 6.60. The third-order valence-electron chi connectivity index (χ3n) is 6.35. The van der Waals surface area contributed by atoms with Crippen LogP contribution in [0.5, 0.6) is 0 Å². The maximum Gasteiger partial charge on any atom is 0.314 e. The Labute approximate surface area is 239 Å². The summed E-state index contributed by atoms with van der Waals surface area (Å²) >= 11 is 8.29. The highest BCUT2D eigenvalue weighted by Crippen LogP contribution is 2.44. The van der Waals surface area contributed by atoms with Gasteiger partial charge in [0.2, 0.25) is 11.8 Å². The van der Waals surface area contributed by atoms with Crippen molar-refractivity contribution in [3.05, 3.63) is 22.3 Å². The number of nitrogen functional groups attached to an aromatic ring is 1. The van der Waals surface area contributed by atoms with Crippen LogP contribution < -0.4 is 11.1 Å². The van der Waals surface area contributed by atoms with Crippen LogP contribution in [0.15, 0.2) is 21.8 Å². The molecule has 0 aliphatic carbocycles. The number of rotatable bonds is 8. The first-order chi connectivity index (χ1) is 18.5. The Hall–Kier alpha value is -2.75. The number of carbonyl (C=O) groups excluding carboxylic acids is 3. The van der Waals surface area contributed by atoms with Gasteiger partial charge in [0.1, 0.15) is 24.2 Å². The molecule has 3 aliphatic rings. The summed E-state index contributed by atoms with van der Waals surface area (Å²) in [7, 11) is 1.31. The number of thioether (sulfide) groups is 1. The summed E-state index contributed by atoms with van der Waals surface area (Å²) in [5.41, 5.74) is 6.66. The quantitative estimate of drug-likeness (QED) is 0.113. The van der Waals surface area contributed by atoms with Gasteiger partial charge in [-0.15, -0.1) is 23.1 Å². The summed E-state index contributed by atoms with van der Waals surface area (Å²) in [4.78, 5) is 49.2. The van der Waals surface area contributed by atoms with Gasteiger partial charge in [-0.25, -0.2) is 4.98 Å². The maximum atomic E-state index is 13.4. The lowest BCUT2D eigenvalue weighted by Gasteiger charge is -2.51. The molecule has 0 bridgehead atoms. The van der Waals surface area contributed by atoms with Gasteiger partial charge in [0, 0.05) is 24.3 Å². The number of thiocarbonyl (C=S) groups is 1. The molecular weight excluding hydrogens is 566 g/mol. The highest BCUT2D eigenvalue weighted by Gasteiger charge is 2.54. The Morgan fingerprint density at radius 3 is 2.64 bits per heavy atom. The Kier molecular flexibility index (Phi) is 9.14. The lowest BCUT2D eigenvalue weighted by molar-refractivity contribution is -0.160. The summed E-state index contributed by atoms with van der Waals surface area (Å²) in [6, 6.07) is -0.826. The van der Waals surface area contributed by atoms with Crippen molar-refractivity contribution >= 4 is 69.0 Å². The van der Waals surface area contributed by atoms with Crippen LogP contribution in [0, 0.1) is 11.3 Å². The van der Waals surface area contributed by atoms with Gasteiger partial charge in [0.25, 0.3) is 11.8 Å². The van der Waals surface area contributed by atoms with Crippen LogP contribution in [0.2, 0.25) is 0 Å². The van der Waals surface area contributed by atoms with E-state index < -0.39 is 28.7 Å². The van der Waals surface area contributed by atoms with Gasteiger partial charge in [0.15, 0.2) is 10.8 Å². The predicted molar refractivity (Wildman–Crippen MR) is 150 cm³/mol. The van der Waals surface area contributed by atoms with Crippen molar-refractivity contribution in [2.75, 3.05) is 38.6 Å². The molecule has 2 saturated heterocycles. The second kappa shape index (κ2) is 12.2. The molecule has 0 spiro atoms. The minimum Gasteiger partial charge on any atom is -0.445 e. The summed E-state index contributed by atoms with van der Waals surface area (Å²) in [6.07, 6.45) is 1.59. The van der Waals surface area contributed by atoms with Gasteiger partial charge >= 0.3 is 5.97 Å². The lowest BCUT2D eigenvalue weighted by atomic mass is 9.89. The highest BCUT2D eigenvalue weighted by atomic mass is 32.2. The number of esters is 1. The maximum absolute atomic E-state index is 13.4. The molecule has 2 amide bonds. The Balaban J connectivity index is 1.52. The summed E-state index contributed by atoms with van der Waals surface area (Å²) in [5.74, 6) is -0.632. The van der Waals surface area contributed by atoms with Crippen molar-refractivity contribution < 1.29 is 33.4 Å². The topological polar surface area (TPSA) is 155 Å². The zero-order valence-corrected chi connectivity index (χ0v) is 24.5. The van der Waals surface area contributed by atoms with E-state index in [1.165, 1.54) is 18.9 Å². The largest absolute Gasteiger partial charge is 0.445 e. The van der Waals surface area contributed by atoms with Crippen molar-refractivity contribution in [2.24, 2.45) is 16.5 Å². The van der Waals surface area contributed by atoms with Gasteiger partial charge < -0.3 is 30.1 Å². The first kappa shape index (κ1) is 29.2. The normalized spacial score (nSPS) is 22.1. The molecule has 1 aromatic rings. The zero-order chi connectivity index (χ0) is 28.3. The molecule has 4 rings (SSSR count). The fourth-order valence-electron chi connectivity index (χ4n) is 4.31. The van der Waals surface area contributed by atoms with E-state index in [0.29, 0.717) is 24.7 Å². The number of β-lactam (4-membered cyclic amide) rings is 1. The average molecular weight is 598 g/mol. The molecule has 1 unspecified atom stereocenters. The van der Waals surface area contributed by atoms with E-state index in [4.69, 9.17) is 37.0 Å². The van der Waals surface area contributed by atoms with E-state index >= 15 is 0 Å². The summed E-state index contributed by atoms with van der Waals surface area (Å²) < 4.78 is 16.4. The molecule has 1 aromatic heterocycles. The number of carbonyl (C=O) groups is 3.